The van der Waals surface area contributed by atoms with Crippen LogP contribution in [0, 0.1) is 22.9 Å². The lowest BCUT2D eigenvalue weighted by Crippen LogP contribution is -2.43. The zero-order valence-corrected chi connectivity index (χ0v) is 17.2. The third-order valence-corrected chi connectivity index (χ3v) is 4.61. The second-order valence-electron chi connectivity index (χ2n) is 6.85. The quantitative estimate of drug-likeness (QED) is 0.331. The number of hydrogen-bond acceptors (Lipinski definition) is 6. The monoisotopic (exact) mass is 438 g/mol. The maximum Gasteiger partial charge on any atom is 0.273 e. The molecule has 164 valence electrons. The first-order valence-corrected chi connectivity index (χ1v) is 9.50. The second kappa shape index (κ2) is 9.65. The molecule has 0 aliphatic heterocycles. The van der Waals surface area contributed by atoms with Gasteiger partial charge in [-0.25, -0.2) is 9.82 Å². The lowest BCUT2D eigenvalue weighted by Gasteiger charge is -2.12. The van der Waals surface area contributed by atoms with Crippen molar-refractivity contribution in [1.29, 1.82) is 0 Å². The molecule has 2 N–H and O–H groups in total. The molecular weight excluding hydrogens is 419 g/mol. The van der Waals surface area contributed by atoms with E-state index in [1.165, 1.54) is 31.3 Å². The molecule has 0 radical (unpaired) electrons. The number of nitro groups is 1. The molecule has 0 bridgehead atoms. The number of nitrogens with zero attached hydrogens (tertiary/aromatic N) is 2. The van der Waals surface area contributed by atoms with E-state index in [1.54, 1.807) is 31.2 Å². The first-order valence-electron chi connectivity index (χ1n) is 9.50. The molecule has 10 heteroatoms. The Morgan fingerprint density at radius 3 is 2.56 bits per heavy atom. The highest BCUT2D eigenvalue weighted by Crippen LogP contribution is 2.30. The van der Waals surface area contributed by atoms with Gasteiger partial charge in [0.25, 0.3) is 17.5 Å². The summed E-state index contributed by atoms with van der Waals surface area (Å²) in [5.74, 6) is -0.839. The number of carbonyl (C=O) groups is 2. The Bertz CT molecular complexity index is 1190. The van der Waals surface area contributed by atoms with Gasteiger partial charge in [0.1, 0.15) is 23.4 Å². The Balaban J connectivity index is 1.59. The lowest BCUT2D eigenvalue weighted by molar-refractivity contribution is -0.385. The Labute approximate surface area is 182 Å². The third-order valence-electron chi connectivity index (χ3n) is 4.61. The molecule has 0 aliphatic rings. The van der Waals surface area contributed by atoms with E-state index in [0.29, 0.717) is 22.6 Å². The van der Waals surface area contributed by atoms with Crippen LogP contribution in [-0.2, 0) is 4.79 Å². The fraction of sp³-hybridized carbons (Fsp3) is 0.136. The first-order chi connectivity index (χ1) is 15.3. The van der Waals surface area contributed by atoms with Gasteiger partial charge in [0, 0.05) is 22.8 Å². The van der Waals surface area contributed by atoms with Crippen LogP contribution in [0.5, 0.6) is 0 Å². The molecule has 2 aromatic carbocycles. The predicted octanol–water partition coefficient (Wildman–Crippen LogP) is 3.57. The smallest absolute Gasteiger partial charge is 0.273 e. The molecule has 0 unspecified atom stereocenters. The number of rotatable bonds is 7. The molecule has 0 spiro atoms. The minimum Gasteiger partial charge on any atom is -0.455 e. The number of carbonyl (C=O) groups excluding carboxylic acids is 2. The maximum absolute atomic E-state index is 12.9. The van der Waals surface area contributed by atoms with Crippen LogP contribution in [0.15, 0.2) is 64.1 Å². The highest BCUT2D eigenvalue weighted by Gasteiger charge is 2.17. The van der Waals surface area contributed by atoms with E-state index in [4.69, 9.17) is 4.42 Å². The fourth-order valence-corrected chi connectivity index (χ4v) is 2.86. The van der Waals surface area contributed by atoms with Crippen LogP contribution in [0.25, 0.3) is 11.3 Å². The second-order valence-corrected chi connectivity index (χ2v) is 6.85. The SMILES string of the molecule is Cc1c(-c2ccc(/C=N\NC(=O)[C@H](C)NC(=O)c3ccc(F)cc3)o2)cccc1[N+](=O)[O-]. The van der Waals surface area contributed by atoms with Crippen molar-refractivity contribution in [3.63, 3.8) is 0 Å². The zero-order chi connectivity index (χ0) is 23.3. The van der Waals surface area contributed by atoms with Gasteiger partial charge in [0.05, 0.1) is 11.1 Å². The summed E-state index contributed by atoms with van der Waals surface area (Å²) in [4.78, 5) is 34.9. The molecular formula is C22H19FN4O5. The Morgan fingerprint density at radius 2 is 1.88 bits per heavy atom. The molecule has 3 aromatic rings. The van der Waals surface area contributed by atoms with E-state index in [2.05, 4.69) is 15.8 Å². The number of hydrogen-bond donors (Lipinski definition) is 2. The number of nitrogens with one attached hydrogen (secondary N) is 2. The lowest BCUT2D eigenvalue weighted by atomic mass is 10.1. The fourth-order valence-electron chi connectivity index (χ4n) is 2.86. The maximum atomic E-state index is 12.9. The van der Waals surface area contributed by atoms with Crippen LogP contribution in [0.4, 0.5) is 10.1 Å². The van der Waals surface area contributed by atoms with E-state index in [0.717, 1.165) is 12.1 Å². The average molecular weight is 438 g/mol. The van der Waals surface area contributed by atoms with Crippen LogP contribution in [0.2, 0.25) is 0 Å². The Kier molecular flexibility index (Phi) is 6.74. The molecule has 0 saturated heterocycles. The molecule has 9 nitrogen and oxygen atoms in total. The van der Waals surface area contributed by atoms with Crippen LogP contribution in [0.3, 0.4) is 0 Å². The number of furan rings is 1. The summed E-state index contributed by atoms with van der Waals surface area (Å²) in [5.41, 5.74) is 3.53. The van der Waals surface area contributed by atoms with Crippen molar-refractivity contribution in [3.8, 4) is 11.3 Å². The van der Waals surface area contributed by atoms with Gasteiger partial charge in [0.15, 0.2) is 0 Å². The zero-order valence-electron chi connectivity index (χ0n) is 17.2. The summed E-state index contributed by atoms with van der Waals surface area (Å²) in [6.07, 6.45) is 1.27. The van der Waals surface area contributed by atoms with E-state index in [1.807, 2.05) is 0 Å². The summed E-state index contributed by atoms with van der Waals surface area (Å²) >= 11 is 0. The van der Waals surface area contributed by atoms with Crippen molar-refractivity contribution in [2.45, 2.75) is 19.9 Å². The number of nitro benzene ring substituents is 1. The van der Waals surface area contributed by atoms with Crippen LogP contribution in [0.1, 0.15) is 28.6 Å². The Morgan fingerprint density at radius 1 is 1.16 bits per heavy atom. The van der Waals surface area contributed by atoms with Gasteiger partial charge >= 0.3 is 0 Å². The molecule has 1 heterocycles. The van der Waals surface area contributed by atoms with E-state index < -0.39 is 28.6 Å². The van der Waals surface area contributed by atoms with Crippen LogP contribution >= 0.6 is 0 Å². The van der Waals surface area contributed by atoms with Crippen molar-refractivity contribution >= 4 is 23.7 Å². The molecule has 0 saturated carbocycles. The molecule has 0 fully saturated rings. The predicted molar refractivity (Wildman–Crippen MR) is 115 cm³/mol. The standard InChI is InChI=1S/C22H19FN4O5/c1-13-18(4-3-5-19(13)27(30)31)20-11-10-17(32-20)12-24-26-21(28)14(2)25-22(29)15-6-8-16(23)9-7-15/h3-12,14H,1-2H3,(H,25,29)(H,26,28)/b24-12-/t14-/m0/s1. The third kappa shape index (κ3) is 5.22. The van der Waals surface area contributed by atoms with Crippen molar-refractivity contribution in [2.75, 3.05) is 0 Å². The topological polar surface area (TPSA) is 127 Å². The molecule has 1 atom stereocenters. The van der Waals surface area contributed by atoms with E-state index in [-0.39, 0.29) is 11.3 Å². The van der Waals surface area contributed by atoms with Gasteiger partial charge in [-0.05, 0) is 50.2 Å². The largest absolute Gasteiger partial charge is 0.455 e. The number of amides is 2. The first kappa shape index (κ1) is 22.3. The van der Waals surface area contributed by atoms with Gasteiger partial charge in [-0.1, -0.05) is 12.1 Å². The minimum absolute atomic E-state index is 0.0157. The summed E-state index contributed by atoms with van der Waals surface area (Å²) < 4.78 is 18.6. The molecule has 0 aliphatic carbocycles. The van der Waals surface area contributed by atoms with Gasteiger partial charge in [-0.15, -0.1) is 0 Å². The van der Waals surface area contributed by atoms with Crippen molar-refractivity contribution in [1.82, 2.24) is 10.7 Å². The highest BCUT2D eigenvalue weighted by atomic mass is 19.1. The molecule has 3 rings (SSSR count). The van der Waals surface area contributed by atoms with Gasteiger partial charge in [0.2, 0.25) is 0 Å². The van der Waals surface area contributed by atoms with Crippen LogP contribution in [-0.4, -0.2) is 29.0 Å². The van der Waals surface area contributed by atoms with Crippen molar-refractivity contribution in [3.05, 3.63) is 87.4 Å². The van der Waals surface area contributed by atoms with Gasteiger partial charge in [-0.2, -0.15) is 5.10 Å². The van der Waals surface area contributed by atoms with E-state index in [9.17, 15) is 24.1 Å². The van der Waals surface area contributed by atoms with Gasteiger partial charge in [-0.3, -0.25) is 19.7 Å². The number of halogens is 1. The highest BCUT2D eigenvalue weighted by molar-refractivity contribution is 5.97. The van der Waals surface area contributed by atoms with Crippen molar-refractivity contribution in [2.24, 2.45) is 5.10 Å². The minimum atomic E-state index is -0.899. The van der Waals surface area contributed by atoms with Crippen molar-refractivity contribution < 1.29 is 23.3 Å². The summed E-state index contributed by atoms with van der Waals surface area (Å²) in [6.45, 7) is 3.11. The Hall–Kier alpha value is -4.34. The molecule has 2 amide bonds. The van der Waals surface area contributed by atoms with Crippen LogP contribution < -0.4 is 10.7 Å². The molecule has 32 heavy (non-hydrogen) atoms. The average Bonchev–Trinajstić information content (AvgIpc) is 3.22. The summed E-state index contributed by atoms with van der Waals surface area (Å²) in [6, 6.07) is 11.9. The normalized spacial score (nSPS) is 11.8. The number of benzene rings is 2. The number of hydrazone groups is 1. The van der Waals surface area contributed by atoms with E-state index >= 15 is 0 Å². The summed E-state index contributed by atoms with van der Waals surface area (Å²) in [5, 5.41) is 17.4. The van der Waals surface area contributed by atoms with Gasteiger partial charge < -0.3 is 9.73 Å². The summed E-state index contributed by atoms with van der Waals surface area (Å²) in [7, 11) is 0. The molecule has 1 aromatic heterocycles.